The summed E-state index contributed by atoms with van der Waals surface area (Å²) in [7, 11) is 0. The van der Waals surface area contributed by atoms with Gasteiger partial charge in [0, 0.05) is 5.39 Å². The summed E-state index contributed by atoms with van der Waals surface area (Å²) < 4.78 is 5.28. The maximum atomic E-state index is 12.1. The predicted molar refractivity (Wildman–Crippen MR) is 74.2 cm³/mol. The molecule has 0 unspecified atom stereocenters. The van der Waals surface area contributed by atoms with Crippen molar-refractivity contribution in [2.75, 3.05) is 5.73 Å². The van der Waals surface area contributed by atoms with Gasteiger partial charge in [-0.25, -0.2) is 4.98 Å². The van der Waals surface area contributed by atoms with Crippen LogP contribution in [-0.4, -0.2) is 21.1 Å². The minimum absolute atomic E-state index is 0.214. The van der Waals surface area contributed by atoms with Gasteiger partial charge in [-0.2, -0.15) is 5.10 Å². The lowest BCUT2D eigenvalue weighted by Crippen LogP contribution is -2.22. The second-order valence-electron chi connectivity index (χ2n) is 4.14. The van der Waals surface area contributed by atoms with E-state index in [2.05, 4.69) is 20.5 Å². The number of nitrogen functional groups attached to an aromatic ring is 1. The van der Waals surface area contributed by atoms with Crippen molar-refractivity contribution in [3.63, 3.8) is 0 Å². The Morgan fingerprint density at radius 3 is 3.10 bits per heavy atom. The molecule has 3 heterocycles. The maximum absolute atomic E-state index is 12.1. The van der Waals surface area contributed by atoms with Gasteiger partial charge in [-0.15, -0.1) is 16.4 Å². The topological polar surface area (TPSA) is 107 Å². The summed E-state index contributed by atoms with van der Waals surface area (Å²) in [4.78, 5) is 17.2. The highest BCUT2D eigenvalue weighted by Gasteiger charge is 2.17. The minimum Gasteiger partial charge on any atom is -0.444 e. The van der Waals surface area contributed by atoms with Crippen molar-refractivity contribution in [3.05, 3.63) is 35.0 Å². The number of aryl methyl sites for hydroxylation is 1. The van der Waals surface area contributed by atoms with E-state index in [0.29, 0.717) is 27.0 Å². The highest BCUT2D eigenvalue weighted by molar-refractivity contribution is 7.21. The number of anilines is 1. The number of carbonyl (C=O) groups is 1. The summed E-state index contributed by atoms with van der Waals surface area (Å²) in [5, 5.41) is 11.2. The van der Waals surface area contributed by atoms with Crippen molar-refractivity contribution in [1.29, 1.82) is 0 Å². The third-order valence-electron chi connectivity index (χ3n) is 2.70. The quantitative estimate of drug-likeness (QED) is 0.756. The normalized spacial score (nSPS) is 10.8. The van der Waals surface area contributed by atoms with Crippen molar-refractivity contribution in [1.82, 2.24) is 20.5 Å². The molecular formula is C12H11N5O2S. The van der Waals surface area contributed by atoms with E-state index in [4.69, 9.17) is 10.2 Å². The highest BCUT2D eigenvalue weighted by atomic mass is 32.1. The molecule has 3 N–H and O–H groups in total. The molecule has 0 saturated heterocycles. The van der Waals surface area contributed by atoms with E-state index in [0.717, 1.165) is 5.39 Å². The molecule has 7 nitrogen and oxygen atoms in total. The molecule has 0 bridgehead atoms. The number of nitrogens with zero attached hydrogens (tertiary/aromatic N) is 3. The van der Waals surface area contributed by atoms with Crippen LogP contribution in [0.2, 0.25) is 0 Å². The summed E-state index contributed by atoms with van der Waals surface area (Å²) in [6.45, 7) is 2.01. The van der Waals surface area contributed by atoms with Crippen molar-refractivity contribution in [2.24, 2.45) is 0 Å². The Morgan fingerprint density at radius 2 is 2.40 bits per heavy atom. The van der Waals surface area contributed by atoms with Crippen LogP contribution in [0.4, 0.5) is 5.69 Å². The molecule has 0 aliphatic heterocycles. The van der Waals surface area contributed by atoms with Crippen LogP contribution in [0.5, 0.6) is 0 Å². The van der Waals surface area contributed by atoms with Crippen LogP contribution in [0.15, 0.2) is 22.9 Å². The monoisotopic (exact) mass is 289 g/mol. The van der Waals surface area contributed by atoms with E-state index in [-0.39, 0.29) is 12.5 Å². The summed E-state index contributed by atoms with van der Waals surface area (Å²) in [6, 6.07) is 1.74. The van der Waals surface area contributed by atoms with Gasteiger partial charge in [0.05, 0.1) is 24.6 Å². The number of rotatable bonds is 3. The van der Waals surface area contributed by atoms with Crippen LogP contribution in [0, 0.1) is 6.92 Å². The van der Waals surface area contributed by atoms with E-state index in [9.17, 15) is 4.79 Å². The number of hydrogen-bond acceptors (Lipinski definition) is 7. The molecule has 0 fully saturated rings. The fourth-order valence-corrected chi connectivity index (χ4v) is 2.72. The zero-order chi connectivity index (χ0) is 14.1. The number of fused-ring (bicyclic) bond motifs is 1. The van der Waals surface area contributed by atoms with Gasteiger partial charge in [-0.05, 0) is 13.0 Å². The number of oxazole rings is 1. The Balaban J connectivity index is 1.80. The van der Waals surface area contributed by atoms with Crippen LogP contribution >= 0.6 is 11.3 Å². The Labute approximate surface area is 117 Å². The molecule has 0 atom stereocenters. The molecule has 102 valence electrons. The standard InChI is InChI=1S/C12H11N5O2S/c1-6-4-14-8(19-6)5-15-11(18)10-9(13)7-2-3-16-17-12(7)20-10/h2-4H,5,13H2,1H3,(H,15,18). The van der Waals surface area contributed by atoms with Gasteiger partial charge in [0.15, 0.2) is 0 Å². The first-order valence-electron chi connectivity index (χ1n) is 5.84. The number of amides is 1. The molecule has 0 radical (unpaired) electrons. The molecule has 20 heavy (non-hydrogen) atoms. The number of nitrogens with two attached hydrogens (primary N) is 1. The smallest absolute Gasteiger partial charge is 0.264 e. The molecule has 8 heteroatoms. The maximum Gasteiger partial charge on any atom is 0.264 e. The van der Waals surface area contributed by atoms with Gasteiger partial charge >= 0.3 is 0 Å². The summed E-state index contributed by atoms with van der Waals surface area (Å²) >= 11 is 1.21. The molecule has 0 spiro atoms. The fraction of sp³-hybridized carbons (Fsp3) is 0.167. The van der Waals surface area contributed by atoms with E-state index in [1.165, 1.54) is 11.3 Å². The molecule has 1 amide bonds. The number of thiophene rings is 1. The lowest BCUT2D eigenvalue weighted by molar-refractivity contribution is 0.0952. The average molecular weight is 289 g/mol. The lowest BCUT2D eigenvalue weighted by atomic mass is 10.3. The molecular weight excluding hydrogens is 278 g/mol. The molecule has 3 rings (SSSR count). The molecule has 0 aliphatic rings. The van der Waals surface area contributed by atoms with Crippen molar-refractivity contribution in [3.8, 4) is 0 Å². The van der Waals surface area contributed by atoms with Gasteiger partial charge in [-0.1, -0.05) is 0 Å². The molecule has 0 aromatic carbocycles. The average Bonchev–Trinajstić information content (AvgIpc) is 3.01. The van der Waals surface area contributed by atoms with E-state index < -0.39 is 0 Å². The van der Waals surface area contributed by atoms with E-state index in [1.807, 2.05) is 0 Å². The largest absolute Gasteiger partial charge is 0.444 e. The Morgan fingerprint density at radius 1 is 1.55 bits per heavy atom. The molecule has 0 aliphatic carbocycles. The van der Waals surface area contributed by atoms with Crippen LogP contribution in [0.1, 0.15) is 21.3 Å². The second kappa shape index (κ2) is 4.89. The first kappa shape index (κ1) is 12.5. The van der Waals surface area contributed by atoms with Crippen molar-refractivity contribution < 1.29 is 9.21 Å². The van der Waals surface area contributed by atoms with Gasteiger partial charge < -0.3 is 15.5 Å². The zero-order valence-corrected chi connectivity index (χ0v) is 11.4. The molecule has 3 aromatic rings. The number of hydrogen-bond donors (Lipinski definition) is 2. The fourth-order valence-electron chi connectivity index (χ4n) is 1.76. The Hall–Kier alpha value is -2.48. The van der Waals surface area contributed by atoms with Crippen LogP contribution in [0.25, 0.3) is 10.2 Å². The van der Waals surface area contributed by atoms with Crippen molar-refractivity contribution >= 4 is 33.1 Å². The van der Waals surface area contributed by atoms with Gasteiger partial charge in [0.1, 0.15) is 15.5 Å². The number of nitrogens with one attached hydrogen (secondary N) is 1. The third-order valence-corrected chi connectivity index (χ3v) is 3.80. The van der Waals surface area contributed by atoms with Gasteiger partial charge in [0.2, 0.25) is 5.89 Å². The first-order chi connectivity index (χ1) is 9.65. The molecule has 3 aromatic heterocycles. The van der Waals surface area contributed by atoms with E-state index >= 15 is 0 Å². The number of carbonyl (C=O) groups excluding carboxylic acids is 1. The number of aromatic nitrogens is 3. The summed E-state index contributed by atoms with van der Waals surface area (Å²) in [5.41, 5.74) is 6.37. The van der Waals surface area contributed by atoms with Crippen LogP contribution in [-0.2, 0) is 6.54 Å². The summed E-state index contributed by atoms with van der Waals surface area (Å²) in [5.74, 6) is 0.877. The van der Waals surface area contributed by atoms with Gasteiger partial charge in [0.25, 0.3) is 5.91 Å². The lowest BCUT2D eigenvalue weighted by Gasteiger charge is -2.01. The van der Waals surface area contributed by atoms with Crippen LogP contribution < -0.4 is 11.1 Å². The predicted octanol–water partition coefficient (Wildman–Crippen LogP) is 1.50. The minimum atomic E-state index is -0.277. The third kappa shape index (κ3) is 2.21. The Bertz CT molecular complexity index is 779. The van der Waals surface area contributed by atoms with Gasteiger partial charge in [-0.3, -0.25) is 4.79 Å². The van der Waals surface area contributed by atoms with Crippen molar-refractivity contribution in [2.45, 2.75) is 13.5 Å². The SMILES string of the molecule is Cc1cnc(CNC(=O)c2sc3nnccc3c2N)o1. The molecule has 0 saturated carbocycles. The highest BCUT2D eigenvalue weighted by Crippen LogP contribution is 2.31. The zero-order valence-electron chi connectivity index (χ0n) is 10.6. The van der Waals surface area contributed by atoms with Crippen LogP contribution in [0.3, 0.4) is 0 Å². The Kier molecular flexibility index (Phi) is 3.07. The second-order valence-corrected chi connectivity index (χ2v) is 5.14. The summed E-state index contributed by atoms with van der Waals surface area (Å²) in [6.07, 6.45) is 3.15. The first-order valence-corrected chi connectivity index (χ1v) is 6.66. The van der Waals surface area contributed by atoms with E-state index in [1.54, 1.807) is 25.4 Å².